The lowest BCUT2D eigenvalue weighted by atomic mass is 9.94. The van der Waals surface area contributed by atoms with Crippen LogP contribution in [-0.2, 0) is 25.5 Å². The van der Waals surface area contributed by atoms with Gasteiger partial charge in [0.05, 0.1) is 11.6 Å². The van der Waals surface area contributed by atoms with E-state index in [2.05, 4.69) is 0 Å². The molecule has 1 N–H and O–H groups in total. The summed E-state index contributed by atoms with van der Waals surface area (Å²) in [6, 6.07) is 11.0. The molecule has 2 aromatic carbocycles. The number of hydrogen-bond acceptors (Lipinski definition) is 7. The number of Topliss-reactive ketones (excluding diaryl/α,β-unsaturated/α-hetero) is 1. The number of ketones is 1. The maximum absolute atomic E-state index is 13.1. The third-order valence-electron chi connectivity index (χ3n) is 5.89. The number of hydrogen-bond donors (Lipinski definition) is 1. The summed E-state index contributed by atoms with van der Waals surface area (Å²) >= 11 is 0. The quantitative estimate of drug-likeness (QED) is 0.167. The number of methoxy groups -OCH3 is 1. The third kappa shape index (κ3) is 4.54. The van der Waals surface area contributed by atoms with Crippen molar-refractivity contribution in [1.82, 2.24) is 4.90 Å². The molecule has 2 aliphatic rings. The van der Waals surface area contributed by atoms with Crippen molar-refractivity contribution < 1.29 is 33.7 Å². The second-order valence-corrected chi connectivity index (χ2v) is 8.46. The normalized spacial score (nSPS) is 20.9. The summed E-state index contributed by atoms with van der Waals surface area (Å²) in [7, 11) is 1.56. The molecule has 1 fully saturated rings. The van der Waals surface area contributed by atoms with Crippen molar-refractivity contribution in [1.29, 1.82) is 0 Å². The van der Waals surface area contributed by atoms with Crippen molar-refractivity contribution in [3.63, 3.8) is 0 Å². The monoisotopic (exact) mass is 465 g/mol. The summed E-state index contributed by atoms with van der Waals surface area (Å²) in [5.74, 6) is -1.16. The van der Waals surface area contributed by atoms with Crippen LogP contribution in [0, 0.1) is 0 Å². The smallest absolute Gasteiger partial charge is 0.308 e. The van der Waals surface area contributed by atoms with Gasteiger partial charge in [-0.1, -0.05) is 12.1 Å². The minimum Gasteiger partial charge on any atom is -0.507 e. The first-order valence-corrected chi connectivity index (χ1v) is 11.2. The van der Waals surface area contributed by atoms with Crippen LogP contribution in [0.1, 0.15) is 43.0 Å². The summed E-state index contributed by atoms with van der Waals surface area (Å²) < 4.78 is 16.0. The highest BCUT2D eigenvalue weighted by atomic mass is 16.5. The van der Waals surface area contributed by atoms with Crippen LogP contribution in [0.4, 0.5) is 0 Å². The molecule has 0 bridgehead atoms. The van der Waals surface area contributed by atoms with Gasteiger partial charge in [-0.2, -0.15) is 0 Å². The fourth-order valence-electron chi connectivity index (χ4n) is 4.48. The number of aliphatic hydroxyl groups excluding tert-OH is 1. The number of carbonyl (C=O) groups is 3. The van der Waals surface area contributed by atoms with E-state index in [-0.39, 0.29) is 29.7 Å². The fraction of sp³-hybridized carbons (Fsp3) is 0.346. The van der Waals surface area contributed by atoms with Gasteiger partial charge in [-0.05, 0) is 54.8 Å². The molecule has 8 heteroatoms. The molecule has 2 heterocycles. The Bertz CT molecular complexity index is 1170. The maximum atomic E-state index is 13.1. The topological polar surface area (TPSA) is 102 Å². The minimum atomic E-state index is -0.837. The molecule has 2 atom stereocenters. The number of esters is 1. The van der Waals surface area contributed by atoms with Crippen molar-refractivity contribution in [2.45, 2.75) is 38.8 Å². The van der Waals surface area contributed by atoms with Crippen molar-refractivity contribution in [3.05, 3.63) is 64.7 Å². The molecule has 0 aromatic heterocycles. The van der Waals surface area contributed by atoms with E-state index in [1.807, 2.05) is 6.92 Å². The molecule has 2 aromatic rings. The summed E-state index contributed by atoms with van der Waals surface area (Å²) in [6.45, 7) is 3.92. The highest BCUT2D eigenvalue weighted by Crippen LogP contribution is 2.41. The third-order valence-corrected chi connectivity index (χ3v) is 5.89. The molecule has 0 aliphatic carbocycles. The Hall–Kier alpha value is -3.65. The van der Waals surface area contributed by atoms with Crippen LogP contribution in [0.25, 0.3) is 5.76 Å². The zero-order chi connectivity index (χ0) is 24.4. The number of rotatable bonds is 7. The number of aliphatic hydroxyl groups is 1. The molecule has 1 saturated heterocycles. The second kappa shape index (κ2) is 9.69. The van der Waals surface area contributed by atoms with E-state index in [0.29, 0.717) is 30.6 Å². The van der Waals surface area contributed by atoms with Gasteiger partial charge in [0.25, 0.3) is 11.7 Å². The second-order valence-electron chi connectivity index (χ2n) is 8.46. The molecule has 34 heavy (non-hydrogen) atoms. The van der Waals surface area contributed by atoms with Crippen LogP contribution in [0.5, 0.6) is 11.5 Å². The fourth-order valence-corrected chi connectivity index (χ4v) is 4.48. The Kier molecular flexibility index (Phi) is 6.70. The number of amides is 1. The van der Waals surface area contributed by atoms with E-state index in [9.17, 15) is 19.5 Å². The summed E-state index contributed by atoms with van der Waals surface area (Å²) in [6.07, 6.45) is 1.23. The van der Waals surface area contributed by atoms with Crippen molar-refractivity contribution in [2.75, 3.05) is 20.3 Å². The predicted molar refractivity (Wildman–Crippen MR) is 123 cm³/mol. The van der Waals surface area contributed by atoms with Crippen LogP contribution >= 0.6 is 0 Å². The lowest BCUT2D eigenvalue weighted by Crippen LogP contribution is -2.31. The van der Waals surface area contributed by atoms with E-state index >= 15 is 0 Å². The van der Waals surface area contributed by atoms with E-state index < -0.39 is 23.7 Å². The molecule has 2 aliphatic heterocycles. The van der Waals surface area contributed by atoms with E-state index in [1.54, 1.807) is 49.6 Å². The average molecular weight is 466 g/mol. The minimum absolute atomic E-state index is 0.00527. The van der Waals surface area contributed by atoms with Crippen LogP contribution in [0.15, 0.2) is 48.0 Å². The first-order valence-electron chi connectivity index (χ1n) is 11.2. The number of ether oxygens (including phenoxy) is 3. The molecule has 8 nitrogen and oxygen atoms in total. The largest absolute Gasteiger partial charge is 0.507 e. The van der Waals surface area contributed by atoms with Gasteiger partial charge in [-0.25, -0.2) is 0 Å². The molecule has 0 spiro atoms. The summed E-state index contributed by atoms with van der Waals surface area (Å²) in [5.41, 5.74) is 1.91. The molecular weight excluding hydrogens is 438 g/mol. The van der Waals surface area contributed by atoms with Crippen LogP contribution < -0.4 is 9.47 Å². The van der Waals surface area contributed by atoms with Gasteiger partial charge in [-0.15, -0.1) is 0 Å². The molecular formula is C26H27NO7. The van der Waals surface area contributed by atoms with Gasteiger partial charge in [0.2, 0.25) is 0 Å². The lowest BCUT2D eigenvalue weighted by Gasteiger charge is -2.25. The molecule has 4 rings (SSSR count). The predicted octanol–water partition coefficient (Wildman–Crippen LogP) is 3.39. The number of carbonyl (C=O) groups excluding carboxylic acids is 3. The first kappa shape index (κ1) is 23.5. The number of benzene rings is 2. The zero-order valence-corrected chi connectivity index (χ0v) is 19.4. The van der Waals surface area contributed by atoms with E-state index in [4.69, 9.17) is 14.2 Å². The molecule has 2 unspecified atom stereocenters. The summed E-state index contributed by atoms with van der Waals surface area (Å²) in [5, 5.41) is 11.3. The number of likely N-dealkylation sites (tertiary alicyclic amines) is 1. The van der Waals surface area contributed by atoms with E-state index in [0.717, 1.165) is 11.3 Å². The number of fused-ring (bicyclic) bond motifs is 1. The SMILES string of the molecule is COCCCN1C(=O)C(=O)/C(=C(\O)c2ccc3c(c2)CC(C)O3)C1c1cccc(OC(C)=O)c1. The lowest BCUT2D eigenvalue weighted by molar-refractivity contribution is -0.140. The van der Waals surface area contributed by atoms with Crippen molar-refractivity contribution >= 4 is 23.4 Å². The zero-order valence-electron chi connectivity index (χ0n) is 19.4. The van der Waals surface area contributed by atoms with Crippen LogP contribution in [-0.4, -0.2) is 54.0 Å². The molecule has 1 amide bonds. The van der Waals surface area contributed by atoms with Gasteiger partial charge < -0.3 is 24.2 Å². The van der Waals surface area contributed by atoms with Crippen molar-refractivity contribution in [2.24, 2.45) is 0 Å². The Morgan fingerprint density at radius 3 is 2.74 bits per heavy atom. The summed E-state index contributed by atoms with van der Waals surface area (Å²) in [4.78, 5) is 39.0. The maximum Gasteiger partial charge on any atom is 0.308 e. The van der Waals surface area contributed by atoms with Crippen LogP contribution in [0.3, 0.4) is 0 Å². The Balaban J connectivity index is 1.80. The standard InChI is InChI=1S/C26H27NO7/c1-15-12-19-13-18(8-9-21(19)33-15)24(29)22-23(17-6-4-7-20(14-17)34-16(2)28)27(10-5-11-32-3)26(31)25(22)30/h4,6-9,13-15,23,29H,5,10-12H2,1-3H3/b24-22-. The Morgan fingerprint density at radius 2 is 2.00 bits per heavy atom. The van der Waals surface area contributed by atoms with Crippen LogP contribution in [0.2, 0.25) is 0 Å². The van der Waals surface area contributed by atoms with Gasteiger partial charge in [-0.3, -0.25) is 14.4 Å². The average Bonchev–Trinajstić information content (AvgIpc) is 3.29. The van der Waals surface area contributed by atoms with Gasteiger partial charge in [0, 0.05) is 39.2 Å². The van der Waals surface area contributed by atoms with Gasteiger partial charge in [0.1, 0.15) is 23.4 Å². The Labute approximate surface area is 197 Å². The highest BCUT2D eigenvalue weighted by molar-refractivity contribution is 6.46. The highest BCUT2D eigenvalue weighted by Gasteiger charge is 2.46. The van der Waals surface area contributed by atoms with Gasteiger partial charge >= 0.3 is 5.97 Å². The van der Waals surface area contributed by atoms with Crippen molar-refractivity contribution in [3.8, 4) is 11.5 Å². The first-order chi connectivity index (χ1) is 16.3. The Morgan fingerprint density at radius 1 is 1.21 bits per heavy atom. The number of nitrogens with zero attached hydrogens (tertiary/aromatic N) is 1. The van der Waals surface area contributed by atoms with E-state index in [1.165, 1.54) is 11.8 Å². The molecule has 0 saturated carbocycles. The molecule has 178 valence electrons. The molecule has 0 radical (unpaired) electrons. The van der Waals surface area contributed by atoms with Gasteiger partial charge in [0.15, 0.2) is 0 Å².